The second kappa shape index (κ2) is 6.47. The highest BCUT2D eigenvalue weighted by Crippen LogP contribution is 2.27. The second-order valence-corrected chi connectivity index (χ2v) is 5.01. The Bertz CT molecular complexity index is 286. The topological polar surface area (TPSA) is 113 Å². The van der Waals surface area contributed by atoms with Crippen LogP contribution >= 0.6 is 0 Å². The molecule has 1 aliphatic heterocycles. The van der Waals surface area contributed by atoms with E-state index in [0.717, 1.165) is 6.42 Å². The van der Waals surface area contributed by atoms with E-state index in [0.29, 0.717) is 6.42 Å². The molecule has 0 aromatic carbocycles. The molecule has 1 saturated heterocycles. The molecule has 1 heterocycles. The Morgan fingerprint density at radius 1 is 1.22 bits per heavy atom. The third kappa shape index (κ3) is 3.41. The predicted octanol–water partition coefficient (Wildman–Crippen LogP) is -0.852. The summed E-state index contributed by atoms with van der Waals surface area (Å²) in [5, 5.41) is 29.4. The van der Waals surface area contributed by atoms with Crippen LogP contribution in [0.4, 0.5) is 0 Å². The minimum Gasteiger partial charge on any atom is -0.388 e. The zero-order valence-corrected chi connectivity index (χ0v) is 10.8. The van der Waals surface area contributed by atoms with Crippen LogP contribution in [0.25, 0.3) is 0 Å². The van der Waals surface area contributed by atoms with Gasteiger partial charge in [-0.05, 0) is 12.8 Å². The first-order valence-corrected chi connectivity index (χ1v) is 6.37. The maximum absolute atomic E-state index is 11.0. The van der Waals surface area contributed by atoms with Gasteiger partial charge in [-0.2, -0.15) is 0 Å². The van der Waals surface area contributed by atoms with E-state index in [4.69, 9.17) is 10.5 Å². The highest BCUT2D eigenvalue weighted by atomic mass is 16.5. The van der Waals surface area contributed by atoms with Crippen molar-refractivity contribution in [2.45, 2.75) is 63.6 Å². The summed E-state index contributed by atoms with van der Waals surface area (Å²) in [5.41, 5.74) is 5.17. The van der Waals surface area contributed by atoms with Crippen molar-refractivity contribution in [2.75, 3.05) is 0 Å². The summed E-state index contributed by atoms with van der Waals surface area (Å²) in [6, 6.07) is 0. The van der Waals surface area contributed by atoms with Crippen LogP contribution in [0.5, 0.6) is 0 Å². The molecule has 0 aromatic rings. The van der Waals surface area contributed by atoms with Crippen molar-refractivity contribution >= 4 is 5.91 Å². The summed E-state index contributed by atoms with van der Waals surface area (Å²) in [7, 11) is 0. The van der Waals surface area contributed by atoms with Crippen LogP contribution in [-0.2, 0) is 9.53 Å². The van der Waals surface area contributed by atoms with Gasteiger partial charge in [0.1, 0.15) is 18.3 Å². The van der Waals surface area contributed by atoms with Crippen LogP contribution in [0.3, 0.4) is 0 Å². The molecule has 6 heteroatoms. The average molecular weight is 261 g/mol. The van der Waals surface area contributed by atoms with Crippen LogP contribution in [0.1, 0.15) is 33.1 Å². The van der Waals surface area contributed by atoms with Crippen LogP contribution in [-0.4, -0.2) is 51.7 Å². The third-order valence-electron chi connectivity index (χ3n) is 3.46. The number of hydrogen-bond donors (Lipinski definition) is 4. The van der Waals surface area contributed by atoms with Gasteiger partial charge in [0.05, 0.1) is 12.2 Å². The number of rotatable bonds is 5. The molecule has 1 rings (SSSR count). The SMILES string of the molecule is CCCC1OC(CC(C)C(N)=O)C(O)C(O)C1O. The first-order valence-electron chi connectivity index (χ1n) is 6.37. The molecule has 0 aliphatic carbocycles. The summed E-state index contributed by atoms with van der Waals surface area (Å²) < 4.78 is 5.57. The van der Waals surface area contributed by atoms with Gasteiger partial charge in [-0.1, -0.05) is 20.3 Å². The molecule has 0 spiro atoms. The Morgan fingerprint density at radius 2 is 1.78 bits per heavy atom. The fourth-order valence-electron chi connectivity index (χ4n) is 2.21. The maximum Gasteiger partial charge on any atom is 0.220 e. The molecule has 1 amide bonds. The van der Waals surface area contributed by atoms with Gasteiger partial charge in [0.15, 0.2) is 0 Å². The number of aliphatic hydroxyl groups is 3. The van der Waals surface area contributed by atoms with E-state index in [-0.39, 0.29) is 6.42 Å². The normalized spacial score (nSPS) is 38.4. The summed E-state index contributed by atoms with van der Waals surface area (Å²) in [4.78, 5) is 11.0. The van der Waals surface area contributed by atoms with Crippen LogP contribution in [0.2, 0.25) is 0 Å². The Balaban J connectivity index is 2.69. The summed E-state index contributed by atoms with van der Waals surface area (Å²) in [6.45, 7) is 3.58. The highest BCUT2D eigenvalue weighted by molar-refractivity contribution is 5.76. The number of hydrogen-bond acceptors (Lipinski definition) is 5. The van der Waals surface area contributed by atoms with E-state index in [1.165, 1.54) is 0 Å². The lowest BCUT2D eigenvalue weighted by molar-refractivity contribution is -0.226. The van der Waals surface area contributed by atoms with E-state index in [1.54, 1.807) is 6.92 Å². The third-order valence-corrected chi connectivity index (χ3v) is 3.46. The average Bonchev–Trinajstić information content (AvgIpc) is 2.32. The molecule has 0 radical (unpaired) electrons. The van der Waals surface area contributed by atoms with Gasteiger partial charge in [0.25, 0.3) is 0 Å². The molecule has 18 heavy (non-hydrogen) atoms. The number of ether oxygens (including phenoxy) is 1. The number of carbonyl (C=O) groups is 1. The van der Waals surface area contributed by atoms with E-state index in [9.17, 15) is 20.1 Å². The highest BCUT2D eigenvalue weighted by Gasteiger charge is 2.43. The molecule has 1 aliphatic rings. The fraction of sp³-hybridized carbons (Fsp3) is 0.917. The quantitative estimate of drug-likeness (QED) is 0.515. The summed E-state index contributed by atoms with van der Waals surface area (Å²) >= 11 is 0. The number of amides is 1. The van der Waals surface area contributed by atoms with Gasteiger partial charge in [-0.3, -0.25) is 4.79 Å². The van der Waals surface area contributed by atoms with Crippen molar-refractivity contribution in [1.82, 2.24) is 0 Å². The lowest BCUT2D eigenvalue weighted by Crippen LogP contribution is -2.57. The second-order valence-electron chi connectivity index (χ2n) is 5.01. The van der Waals surface area contributed by atoms with Crippen molar-refractivity contribution in [3.8, 4) is 0 Å². The summed E-state index contributed by atoms with van der Waals surface area (Å²) in [5.74, 6) is -0.923. The molecule has 6 unspecified atom stereocenters. The lowest BCUT2D eigenvalue weighted by Gasteiger charge is -2.41. The van der Waals surface area contributed by atoms with Gasteiger partial charge in [-0.25, -0.2) is 0 Å². The fourth-order valence-corrected chi connectivity index (χ4v) is 2.21. The van der Waals surface area contributed by atoms with E-state index >= 15 is 0 Å². The molecule has 0 saturated carbocycles. The Hall–Kier alpha value is -0.690. The van der Waals surface area contributed by atoms with Gasteiger partial charge >= 0.3 is 0 Å². The van der Waals surface area contributed by atoms with Gasteiger partial charge in [0, 0.05) is 5.92 Å². The van der Waals surface area contributed by atoms with Crippen molar-refractivity contribution in [3.63, 3.8) is 0 Å². The lowest BCUT2D eigenvalue weighted by atomic mass is 9.88. The van der Waals surface area contributed by atoms with Crippen molar-refractivity contribution < 1.29 is 24.9 Å². The van der Waals surface area contributed by atoms with Gasteiger partial charge in [-0.15, -0.1) is 0 Å². The van der Waals surface area contributed by atoms with Crippen LogP contribution in [0.15, 0.2) is 0 Å². The van der Waals surface area contributed by atoms with E-state index < -0.39 is 42.3 Å². The van der Waals surface area contributed by atoms with E-state index in [2.05, 4.69) is 0 Å². The molecular weight excluding hydrogens is 238 g/mol. The molecule has 0 bridgehead atoms. The molecule has 5 N–H and O–H groups in total. The molecular formula is C12H23NO5. The smallest absolute Gasteiger partial charge is 0.220 e. The Kier molecular flexibility index (Phi) is 5.52. The minimum absolute atomic E-state index is 0.237. The Labute approximate surface area is 107 Å². The minimum atomic E-state index is -1.25. The standard InChI is InChI=1S/C12H23NO5/c1-3-4-7-9(14)11(16)10(15)8(18-7)5-6(2)12(13)17/h6-11,14-16H,3-5H2,1-2H3,(H2,13,17). The predicted molar refractivity (Wildman–Crippen MR) is 64.6 cm³/mol. The number of primary amides is 1. The number of carbonyl (C=O) groups excluding carboxylic acids is 1. The van der Waals surface area contributed by atoms with Crippen LogP contribution in [0, 0.1) is 5.92 Å². The molecule has 6 nitrogen and oxygen atoms in total. The number of aliphatic hydroxyl groups excluding tert-OH is 3. The molecule has 106 valence electrons. The molecule has 1 fully saturated rings. The molecule has 0 aromatic heterocycles. The molecule has 6 atom stereocenters. The van der Waals surface area contributed by atoms with Crippen molar-refractivity contribution in [3.05, 3.63) is 0 Å². The maximum atomic E-state index is 11.0. The first-order chi connectivity index (χ1) is 8.38. The van der Waals surface area contributed by atoms with E-state index in [1.807, 2.05) is 6.92 Å². The number of nitrogens with two attached hydrogens (primary N) is 1. The van der Waals surface area contributed by atoms with Crippen LogP contribution < -0.4 is 5.73 Å². The largest absolute Gasteiger partial charge is 0.388 e. The monoisotopic (exact) mass is 261 g/mol. The van der Waals surface area contributed by atoms with Crippen molar-refractivity contribution in [1.29, 1.82) is 0 Å². The Morgan fingerprint density at radius 3 is 2.28 bits per heavy atom. The first kappa shape index (κ1) is 15.4. The van der Waals surface area contributed by atoms with Gasteiger partial charge < -0.3 is 25.8 Å². The summed E-state index contributed by atoms with van der Waals surface area (Å²) in [6.07, 6.45) is -3.12. The van der Waals surface area contributed by atoms with Gasteiger partial charge in [0.2, 0.25) is 5.91 Å². The zero-order valence-electron chi connectivity index (χ0n) is 10.8. The van der Waals surface area contributed by atoms with Crippen molar-refractivity contribution in [2.24, 2.45) is 11.7 Å². The zero-order chi connectivity index (χ0) is 13.9.